The molecule has 11 heteroatoms. The summed E-state index contributed by atoms with van der Waals surface area (Å²) in [6.45, 7) is 2.78. The zero-order valence-electron chi connectivity index (χ0n) is 33.1. The third kappa shape index (κ3) is 10.0. The molecule has 5 N–H and O–H groups in total. The van der Waals surface area contributed by atoms with Crippen LogP contribution in [0, 0.1) is 0 Å². The third-order valence-electron chi connectivity index (χ3n) is 10.9. The van der Waals surface area contributed by atoms with Gasteiger partial charge in [-0.15, -0.1) is 0 Å². The third-order valence-corrected chi connectivity index (χ3v) is 10.9. The van der Waals surface area contributed by atoms with Crippen LogP contribution in [0.25, 0.3) is 11.1 Å². The largest absolute Gasteiger partial charge is 0.493 e. The van der Waals surface area contributed by atoms with Crippen molar-refractivity contribution in [2.24, 2.45) is 0 Å². The predicted molar refractivity (Wildman–Crippen MR) is 224 cm³/mol. The molecular weight excluding hydrogens is 733 g/mol. The number of hydrogen-bond acceptors (Lipinski definition) is 9. The number of ether oxygens (including phenoxy) is 4. The molecule has 5 aromatic rings. The van der Waals surface area contributed by atoms with Crippen molar-refractivity contribution in [2.45, 2.75) is 70.3 Å². The van der Waals surface area contributed by atoms with E-state index in [0.29, 0.717) is 30.8 Å². The minimum absolute atomic E-state index is 0.0126. The summed E-state index contributed by atoms with van der Waals surface area (Å²) in [5.41, 5.74) is 15.3. The first-order valence-corrected chi connectivity index (χ1v) is 19.9. The number of anilines is 2. The molecule has 302 valence electrons. The first kappa shape index (κ1) is 40.5. The van der Waals surface area contributed by atoms with Gasteiger partial charge in [-0.3, -0.25) is 14.5 Å². The number of aliphatic hydroxyl groups excluding tert-OH is 1. The smallest absolute Gasteiger partial charge is 0.224 e. The Morgan fingerprint density at radius 2 is 1.52 bits per heavy atom. The van der Waals surface area contributed by atoms with E-state index in [1.807, 2.05) is 60.7 Å². The average Bonchev–Trinajstić information content (AvgIpc) is 3.26. The summed E-state index contributed by atoms with van der Waals surface area (Å²) < 4.78 is 24.5. The van der Waals surface area contributed by atoms with E-state index in [4.69, 9.17) is 24.7 Å². The van der Waals surface area contributed by atoms with Crippen molar-refractivity contribution in [3.63, 3.8) is 0 Å². The number of hydrogen-bond donors (Lipinski definition) is 4. The molecule has 2 aliphatic rings. The number of nitrogens with zero attached hydrogens (tertiary/aromatic N) is 1. The molecule has 0 unspecified atom stereocenters. The van der Waals surface area contributed by atoms with Crippen molar-refractivity contribution < 1.29 is 33.6 Å². The fourth-order valence-corrected chi connectivity index (χ4v) is 7.71. The van der Waals surface area contributed by atoms with Crippen molar-refractivity contribution in [2.75, 3.05) is 38.4 Å². The van der Waals surface area contributed by atoms with Gasteiger partial charge in [0.15, 0.2) is 17.8 Å². The maximum absolute atomic E-state index is 12.8. The van der Waals surface area contributed by atoms with Gasteiger partial charge in [-0.2, -0.15) is 0 Å². The van der Waals surface area contributed by atoms with Gasteiger partial charge >= 0.3 is 0 Å². The number of carbonyl (C=O) groups is 2. The molecule has 58 heavy (non-hydrogen) atoms. The van der Waals surface area contributed by atoms with Crippen molar-refractivity contribution in [1.29, 1.82) is 0 Å². The lowest BCUT2D eigenvalue weighted by Gasteiger charge is -2.39. The van der Waals surface area contributed by atoms with E-state index in [1.165, 1.54) is 11.1 Å². The summed E-state index contributed by atoms with van der Waals surface area (Å²) in [4.78, 5) is 27.6. The van der Waals surface area contributed by atoms with Crippen LogP contribution in [0.1, 0.15) is 71.5 Å². The number of methoxy groups -OCH3 is 2. The maximum Gasteiger partial charge on any atom is 0.224 e. The number of amides is 2. The summed E-state index contributed by atoms with van der Waals surface area (Å²) >= 11 is 0. The van der Waals surface area contributed by atoms with Crippen LogP contribution in [0.15, 0.2) is 109 Å². The molecule has 5 aromatic carbocycles. The molecule has 1 saturated heterocycles. The first-order valence-electron chi connectivity index (χ1n) is 19.9. The fourth-order valence-electron chi connectivity index (χ4n) is 7.71. The van der Waals surface area contributed by atoms with Crippen LogP contribution in [-0.2, 0) is 45.2 Å². The van der Waals surface area contributed by atoms with Crippen molar-refractivity contribution in [1.82, 2.24) is 10.2 Å². The molecule has 2 aliphatic heterocycles. The van der Waals surface area contributed by atoms with Crippen LogP contribution >= 0.6 is 0 Å². The van der Waals surface area contributed by atoms with Crippen LogP contribution in [-0.4, -0.2) is 55.2 Å². The highest BCUT2D eigenvalue weighted by Crippen LogP contribution is 2.40. The Labute approximate surface area is 340 Å². The first-order chi connectivity index (χ1) is 28.3. The van der Waals surface area contributed by atoms with Gasteiger partial charge < -0.3 is 40.4 Å². The molecule has 7 rings (SSSR count). The fraction of sp³-hybridized carbons (Fsp3) is 0.319. The summed E-state index contributed by atoms with van der Waals surface area (Å²) in [6.07, 6.45) is 1.60. The Morgan fingerprint density at radius 3 is 2.26 bits per heavy atom. The zero-order valence-corrected chi connectivity index (χ0v) is 33.1. The van der Waals surface area contributed by atoms with Gasteiger partial charge in [0.25, 0.3) is 0 Å². The second kappa shape index (κ2) is 19.1. The van der Waals surface area contributed by atoms with Crippen molar-refractivity contribution in [3.8, 4) is 22.6 Å². The molecule has 2 heterocycles. The zero-order chi connectivity index (χ0) is 40.4. The Balaban J connectivity index is 0.995. The summed E-state index contributed by atoms with van der Waals surface area (Å²) in [6, 6.07) is 35.5. The van der Waals surface area contributed by atoms with E-state index in [1.54, 1.807) is 26.4 Å². The normalized spacial score (nSPS) is 17.9. The Hall–Kier alpha value is -5.72. The maximum atomic E-state index is 12.8. The molecule has 0 aromatic heterocycles. The van der Waals surface area contributed by atoms with Crippen LogP contribution in [0.3, 0.4) is 0 Å². The number of carbonyl (C=O) groups excluding carboxylic acids is 2. The highest BCUT2D eigenvalue weighted by atomic mass is 16.7. The Kier molecular flexibility index (Phi) is 13.4. The predicted octanol–water partition coefficient (Wildman–Crippen LogP) is 7.47. The van der Waals surface area contributed by atoms with Crippen LogP contribution < -0.4 is 25.8 Å². The van der Waals surface area contributed by atoms with E-state index in [2.05, 4.69) is 51.9 Å². The molecule has 1 fully saturated rings. The number of nitrogens with one attached hydrogen (secondary N) is 2. The summed E-state index contributed by atoms with van der Waals surface area (Å²) in [5, 5.41) is 15.5. The highest BCUT2D eigenvalue weighted by Gasteiger charge is 2.34. The topological polar surface area (TPSA) is 145 Å². The second-order valence-corrected chi connectivity index (χ2v) is 14.9. The molecular formula is C47H52N4O7. The monoisotopic (exact) mass is 784 g/mol. The number of fused-ring (bicyclic) bond motifs is 1. The standard InChI is InChI=1S/C47H52N4O7/c1-55-43-24-35-22-23-51(28-37(35)25-44(43)56-2)29-38-26-42(33-16-14-31(30-52)15-17-33)58-47(57-38)34-20-18-32(19-21-34)39-9-4-3-8-36(39)27-49-45(53)12-7-13-46(54)50-41-11-6-5-10-40(41)48/h3-6,8-11,14-21,24-25,38,42,47,52H,7,12-13,22-23,26-30,48H2,1-2H3,(H,49,53)(H,50,54)/t38-,42+,47+/m1/s1. The molecule has 2 amide bonds. The number of para-hydroxylation sites is 2. The Bertz CT molecular complexity index is 2180. The van der Waals surface area contributed by atoms with Crippen LogP contribution in [0.5, 0.6) is 11.5 Å². The van der Waals surface area contributed by atoms with E-state index < -0.39 is 6.29 Å². The number of nitrogens with two attached hydrogens (primary N) is 1. The average molecular weight is 785 g/mol. The van der Waals surface area contributed by atoms with Gasteiger partial charge in [0.05, 0.1) is 44.4 Å². The molecule has 0 spiro atoms. The van der Waals surface area contributed by atoms with Gasteiger partial charge in [0, 0.05) is 51.0 Å². The van der Waals surface area contributed by atoms with Gasteiger partial charge in [-0.25, -0.2) is 0 Å². The second-order valence-electron chi connectivity index (χ2n) is 14.9. The SMILES string of the molecule is COc1cc2c(cc1OC)CN(C[C@H]1C[C@@H](c3ccc(CO)cc3)O[C@@H](c3ccc(-c4ccccc4CNC(=O)CCCC(=O)Nc4ccccc4N)cc3)O1)CC2. The van der Waals surface area contributed by atoms with E-state index >= 15 is 0 Å². The molecule has 0 saturated carbocycles. The lowest BCUT2D eigenvalue weighted by molar-refractivity contribution is -0.253. The van der Waals surface area contributed by atoms with E-state index in [-0.39, 0.29) is 43.5 Å². The molecule has 0 radical (unpaired) electrons. The van der Waals surface area contributed by atoms with Gasteiger partial charge in [0.2, 0.25) is 11.8 Å². The van der Waals surface area contributed by atoms with Gasteiger partial charge in [0.1, 0.15) is 0 Å². The molecule has 0 aliphatic carbocycles. The van der Waals surface area contributed by atoms with Crippen molar-refractivity contribution >= 4 is 23.2 Å². The lowest BCUT2D eigenvalue weighted by atomic mass is 9.96. The summed E-state index contributed by atoms with van der Waals surface area (Å²) in [7, 11) is 3.33. The van der Waals surface area contributed by atoms with E-state index in [0.717, 1.165) is 70.9 Å². The van der Waals surface area contributed by atoms with Crippen LogP contribution in [0.2, 0.25) is 0 Å². The van der Waals surface area contributed by atoms with E-state index in [9.17, 15) is 14.7 Å². The molecule has 3 atom stereocenters. The number of benzene rings is 5. The summed E-state index contributed by atoms with van der Waals surface area (Å²) in [5.74, 6) is 1.19. The highest BCUT2D eigenvalue weighted by molar-refractivity contribution is 5.94. The van der Waals surface area contributed by atoms with Gasteiger partial charge in [-0.1, -0.05) is 84.9 Å². The minimum atomic E-state index is -0.585. The van der Waals surface area contributed by atoms with Crippen molar-refractivity contribution in [3.05, 3.63) is 143 Å². The number of aliphatic hydroxyl groups is 1. The molecule has 0 bridgehead atoms. The quantitative estimate of drug-likeness (QED) is 0.0795. The Morgan fingerprint density at radius 1 is 0.828 bits per heavy atom. The van der Waals surface area contributed by atoms with Crippen LogP contribution in [0.4, 0.5) is 11.4 Å². The minimum Gasteiger partial charge on any atom is -0.493 e. The number of nitrogen functional groups attached to an aromatic ring is 1. The van der Waals surface area contributed by atoms with Gasteiger partial charge in [-0.05, 0) is 76.1 Å². The lowest BCUT2D eigenvalue weighted by Crippen LogP contribution is -2.41. The molecule has 11 nitrogen and oxygen atoms in total. The number of rotatable bonds is 15.